The van der Waals surface area contributed by atoms with E-state index in [0.717, 1.165) is 6.26 Å². The highest BCUT2D eigenvalue weighted by molar-refractivity contribution is 9.10. The molecule has 0 unspecified atom stereocenters. The molecule has 0 heterocycles. The Labute approximate surface area is 67.2 Å². The lowest BCUT2D eigenvalue weighted by molar-refractivity contribution is -0.139. The summed E-state index contributed by atoms with van der Waals surface area (Å²) in [5, 5.41) is 0. The number of ether oxygens (including phenoxy) is 1. The second-order valence-electron chi connectivity index (χ2n) is 1.58. The summed E-state index contributed by atoms with van der Waals surface area (Å²) < 4.78 is 4.32. The maximum atomic E-state index is 10.6. The molecule has 0 aromatic rings. The van der Waals surface area contributed by atoms with Gasteiger partial charge in [-0.15, -0.1) is 0 Å². The Kier molecular flexibility index (Phi) is 3.95. The minimum atomic E-state index is -0.870. The number of rotatable bonds is 3. The average Bonchev–Trinajstić information content (AvgIpc) is 1.87. The van der Waals surface area contributed by atoms with Gasteiger partial charge in [-0.3, -0.25) is 4.79 Å². The van der Waals surface area contributed by atoms with Crippen LogP contribution in [0, 0.1) is 0 Å². The zero-order valence-electron chi connectivity index (χ0n) is 5.46. The first kappa shape index (κ1) is 9.36. The third-order valence-electron chi connectivity index (χ3n) is 0.763. The van der Waals surface area contributed by atoms with Crippen LogP contribution in [0.5, 0.6) is 0 Å². The second kappa shape index (κ2) is 4.22. The Balaban J connectivity index is 3.94. The van der Waals surface area contributed by atoms with Crippen LogP contribution in [0.2, 0.25) is 0 Å². The Morgan fingerprint density at radius 3 is 2.50 bits per heavy atom. The van der Waals surface area contributed by atoms with Crippen LogP contribution in [-0.2, 0) is 14.3 Å². The normalized spacial score (nSPS) is 11.8. The van der Waals surface area contributed by atoms with Crippen LogP contribution < -0.4 is 0 Å². The maximum Gasteiger partial charge on any atom is 0.332 e. The van der Waals surface area contributed by atoms with Gasteiger partial charge in [-0.1, -0.05) is 22.5 Å². The number of halogens is 1. The SMILES string of the molecule is C=COC(=O)[C@@H](Br)C(C)=O. The molecule has 0 saturated heterocycles. The highest BCUT2D eigenvalue weighted by atomic mass is 79.9. The molecule has 56 valence electrons. The van der Waals surface area contributed by atoms with E-state index in [1.807, 2.05) is 0 Å². The van der Waals surface area contributed by atoms with Gasteiger partial charge in [-0.25, -0.2) is 4.79 Å². The number of alkyl halides is 1. The molecule has 4 heteroatoms. The van der Waals surface area contributed by atoms with E-state index in [-0.39, 0.29) is 5.78 Å². The molecular formula is C6H7BrO3. The minimum absolute atomic E-state index is 0.285. The number of esters is 1. The number of carbonyl (C=O) groups is 2. The summed E-state index contributed by atoms with van der Waals surface area (Å²) in [4.78, 5) is 20.2. The summed E-state index contributed by atoms with van der Waals surface area (Å²) in [5.74, 6) is -0.922. The van der Waals surface area contributed by atoms with Gasteiger partial charge in [0.15, 0.2) is 10.6 Å². The van der Waals surface area contributed by atoms with Crippen LogP contribution in [0.3, 0.4) is 0 Å². The van der Waals surface area contributed by atoms with E-state index < -0.39 is 10.8 Å². The van der Waals surface area contributed by atoms with Crippen molar-refractivity contribution in [3.63, 3.8) is 0 Å². The molecule has 3 nitrogen and oxygen atoms in total. The summed E-state index contributed by atoms with van der Waals surface area (Å²) >= 11 is 2.84. The van der Waals surface area contributed by atoms with Gasteiger partial charge in [-0.05, 0) is 6.92 Å². The topological polar surface area (TPSA) is 43.4 Å². The summed E-state index contributed by atoms with van der Waals surface area (Å²) in [6.45, 7) is 4.46. The third kappa shape index (κ3) is 2.77. The molecule has 0 aromatic heterocycles. The fraction of sp³-hybridized carbons (Fsp3) is 0.333. The van der Waals surface area contributed by atoms with Gasteiger partial charge in [0.2, 0.25) is 0 Å². The van der Waals surface area contributed by atoms with Gasteiger partial charge in [-0.2, -0.15) is 0 Å². The van der Waals surface area contributed by atoms with Gasteiger partial charge in [0.1, 0.15) is 0 Å². The molecule has 0 N–H and O–H groups in total. The van der Waals surface area contributed by atoms with Crippen LogP contribution in [0.25, 0.3) is 0 Å². The van der Waals surface area contributed by atoms with E-state index in [9.17, 15) is 9.59 Å². The minimum Gasteiger partial charge on any atom is -0.434 e. The average molecular weight is 207 g/mol. The molecule has 0 radical (unpaired) electrons. The van der Waals surface area contributed by atoms with Crippen LogP contribution >= 0.6 is 15.9 Å². The number of hydrogen-bond donors (Lipinski definition) is 0. The molecule has 0 aliphatic rings. The van der Waals surface area contributed by atoms with Crippen molar-refractivity contribution in [2.75, 3.05) is 0 Å². The fourth-order valence-corrected chi connectivity index (χ4v) is 0.416. The lowest BCUT2D eigenvalue weighted by Gasteiger charge is -2.00. The van der Waals surface area contributed by atoms with Crippen LogP contribution in [0.1, 0.15) is 6.92 Å². The van der Waals surface area contributed by atoms with Gasteiger partial charge >= 0.3 is 5.97 Å². The lowest BCUT2D eigenvalue weighted by Crippen LogP contribution is -2.22. The van der Waals surface area contributed by atoms with Crippen molar-refractivity contribution in [1.29, 1.82) is 0 Å². The number of Topliss-reactive ketones (excluding diaryl/α,β-unsaturated/α-hetero) is 1. The van der Waals surface area contributed by atoms with Crippen LogP contribution in [-0.4, -0.2) is 16.6 Å². The quantitative estimate of drug-likeness (QED) is 0.300. The number of hydrogen-bond acceptors (Lipinski definition) is 3. The van der Waals surface area contributed by atoms with Crippen molar-refractivity contribution < 1.29 is 14.3 Å². The highest BCUT2D eigenvalue weighted by Gasteiger charge is 2.19. The molecule has 0 saturated carbocycles. The predicted octanol–water partition coefficient (Wildman–Crippen LogP) is 1.03. The molecule has 0 amide bonds. The molecular weight excluding hydrogens is 200 g/mol. The Morgan fingerprint density at radius 2 is 2.20 bits per heavy atom. The zero-order valence-corrected chi connectivity index (χ0v) is 7.05. The lowest BCUT2D eigenvalue weighted by atomic mass is 10.3. The van der Waals surface area contributed by atoms with Gasteiger partial charge in [0.05, 0.1) is 6.26 Å². The van der Waals surface area contributed by atoms with Crippen molar-refractivity contribution in [3.8, 4) is 0 Å². The van der Waals surface area contributed by atoms with E-state index in [1.54, 1.807) is 0 Å². The van der Waals surface area contributed by atoms with E-state index in [0.29, 0.717) is 0 Å². The number of carbonyl (C=O) groups excluding carboxylic acids is 2. The number of ketones is 1. The first-order valence-corrected chi connectivity index (χ1v) is 3.47. The monoisotopic (exact) mass is 206 g/mol. The van der Waals surface area contributed by atoms with Gasteiger partial charge in [0, 0.05) is 0 Å². The van der Waals surface area contributed by atoms with E-state index in [1.165, 1.54) is 6.92 Å². The first-order chi connectivity index (χ1) is 4.59. The fourth-order valence-electron chi connectivity index (χ4n) is 0.308. The first-order valence-electron chi connectivity index (χ1n) is 2.55. The van der Waals surface area contributed by atoms with E-state index in [2.05, 4.69) is 27.2 Å². The largest absolute Gasteiger partial charge is 0.434 e. The van der Waals surface area contributed by atoms with Crippen molar-refractivity contribution in [2.45, 2.75) is 11.8 Å². The Morgan fingerprint density at radius 1 is 1.70 bits per heavy atom. The zero-order chi connectivity index (χ0) is 8.15. The van der Waals surface area contributed by atoms with Crippen molar-refractivity contribution in [1.82, 2.24) is 0 Å². The van der Waals surface area contributed by atoms with E-state index in [4.69, 9.17) is 0 Å². The molecule has 0 bridgehead atoms. The molecule has 0 rings (SSSR count). The summed E-state index contributed by atoms with van der Waals surface area (Å²) in [7, 11) is 0. The molecule has 0 aliphatic carbocycles. The smallest absolute Gasteiger partial charge is 0.332 e. The summed E-state index contributed by atoms with van der Waals surface area (Å²) in [6, 6.07) is 0. The maximum absolute atomic E-state index is 10.6. The Hall–Kier alpha value is -0.640. The van der Waals surface area contributed by atoms with Crippen molar-refractivity contribution >= 4 is 27.7 Å². The van der Waals surface area contributed by atoms with Crippen molar-refractivity contribution in [3.05, 3.63) is 12.8 Å². The molecule has 0 spiro atoms. The van der Waals surface area contributed by atoms with Crippen LogP contribution in [0.15, 0.2) is 12.8 Å². The van der Waals surface area contributed by atoms with Crippen molar-refractivity contribution in [2.24, 2.45) is 0 Å². The standard InChI is InChI=1S/C6H7BrO3/c1-3-10-6(9)5(7)4(2)8/h3,5H,1H2,2H3/t5-/m0/s1. The Bertz CT molecular complexity index is 164. The van der Waals surface area contributed by atoms with E-state index >= 15 is 0 Å². The molecule has 0 aromatic carbocycles. The molecule has 0 aliphatic heterocycles. The van der Waals surface area contributed by atoms with Crippen LogP contribution in [0.4, 0.5) is 0 Å². The molecule has 1 atom stereocenters. The summed E-state index contributed by atoms with van der Waals surface area (Å²) in [6.07, 6.45) is 0.986. The third-order valence-corrected chi connectivity index (χ3v) is 1.78. The molecule has 0 fully saturated rings. The summed E-state index contributed by atoms with van der Waals surface area (Å²) in [5.41, 5.74) is 0. The van der Waals surface area contributed by atoms with Gasteiger partial charge < -0.3 is 4.74 Å². The highest BCUT2D eigenvalue weighted by Crippen LogP contribution is 2.02. The second-order valence-corrected chi connectivity index (χ2v) is 2.49. The molecule has 10 heavy (non-hydrogen) atoms. The predicted molar refractivity (Wildman–Crippen MR) is 39.7 cm³/mol. The van der Waals surface area contributed by atoms with Gasteiger partial charge in [0.25, 0.3) is 0 Å².